The van der Waals surface area contributed by atoms with Crippen molar-refractivity contribution in [3.63, 3.8) is 0 Å². The molecule has 1 amide bonds. The number of esters is 1. The lowest BCUT2D eigenvalue weighted by Gasteiger charge is -2.10. The van der Waals surface area contributed by atoms with E-state index in [2.05, 4.69) is 31.0 Å². The molecule has 0 fully saturated rings. The van der Waals surface area contributed by atoms with Gasteiger partial charge in [-0.1, -0.05) is 6.07 Å². The van der Waals surface area contributed by atoms with Gasteiger partial charge in [-0.05, 0) is 46.6 Å². The van der Waals surface area contributed by atoms with Gasteiger partial charge < -0.3 is 10.1 Å². The first kappa shape index (κ1) is 15.2. The number of nitrogens with zero attached hydrogens (tertiary/aromatic N) is 1. The van der Waals surface area contributed by atoms with Crippen molar-refractivity contribution in [3.05, 3.63) is 57.8 Å². The van der Waals surface area contributed by atoms with Gasteiger partial charge in [-0.3, -0.25) is 9.78 Å². The van der Waals surface area contributed by atoms with E-state index in [-0.39, 0.29) is 5.91 Å². The van der Waals surface area contributed by atoms with E-state index in [1.54, 1.807) is 30.5 Å². The first-order chi connectivity index (χ1) is 10.0. The topological polar surface area (TPSA) is 68.3 Å². The van der Waals surface area contributed by atoms with Crippen LogP contribution in [0.1, 0.15) is 26.3 Å². The van der Waals surface area contributed by atoms with Crippen LogP contribution in [0.25, 0.3) is 0 Å². The number of rotatable bonds is 3. The number of hydrogen-bond acceptors (Lipinski definition) is 4. The van der Waals surface area contributed by atoms with E-state index in [4.69, 9.17) is 0 Å². The summed E-state index contributed by atoms with van der Waals surface area (Å²) in [5.74, 6) is -0.747. The summed E-state index contributed by atoms with van der Waals surface area (Å²) in [6.07, 6.45) is 3.07. The van der Waals surface area contributed by atoms with Crippen molar-refractivity contribution >= 4 is 33.5 Å². The van der Waals surface area contributed by atoms with Crippen molar-refractivity contribution < 1.29 is 14.3 Å². The highest BCUT2D eigenvalue weighted by molar-refractivity contribution is 9.10. The Kier molecular flexibility index (Phi) is 4.70. The Morgan fingerprint density at radius 3 is 2.62 bits per heavy atom. The number of aryl methyl sites for hydroxylation is 1. The first-order valence-electron chi connectivity index (χ1n) is 6.12. The number of methoxy groups -OCH3 is 1. The lowest BCUT2D eigenvalue weighted by molar-refractivity contribution is 0.0600. The molecular weight excluding hydrogens is 336 g/mol. The fraction of sp³-hybridized carbons (Fsp3) is 0.133. The summed E-state index contributed by atoms with van der Waals surface area (Å²) in [6, 6.07) is 6.66. The molecule has 0 saturated heterocycles. The molecule has 2 rings (SSSR count). The van der Waals surface area contributed by atoms with Gasteiger partial charge in [0.15, 0.2) is 0 Å². The molecule has 1 aromatic carbocycles. The summed E-state index contributed by atoms with van der Waals surface area (Å²) in [6.45, 7) is 1.84. The van der Waals surface area contributed by atoms with Gasteiger partial charge in [-0.25, -0.2) is 4.79 Å². The number of carbonyl (C=O) groups excluding carboxylic acids is 2. The van der Waals surface area contributed by atoms with Crippen LogP contribution in [0.2, 0.25) is 0 Å². The summed E-state index contributed by atoms with van der Waals surface area (Å²) in [5.41, 5.74) is 2.21. The molecule has 1 N–H and O–H groups in total. The minimum absolute atomic E-state index is 0.297. The third-order valence-electron chi connectivity index (χ3n) is 2.87. The van der Waals surface area contributed by atoms with Gasteiger partial charge in [0.2, 0.25) is 0 Å². The average Bonchev–Trinajstić information content (AvgIpc) is 2.48. The van der Waals surface area contributed by atoms with Crippen LogP contribution >= 0.6 is 15.9 Å². The van der Waals surface area contributed by atoms with E-state index >= 15 is 0 Å². The Bertz CT molecular complexity index is 701. The molecule has 0 radical (unpaired) electrons. The number of nitrogens with one attached hydrogen (secondary N) is 1. The smallest absolute Gasteiger partial charge is 0.337 e. The lowest BCUT2D eigenvalue weighted by atomic mass is 10.1. The third-order valence-corrected chi connectivity index (χ3v) is 3.31. The summed E-state index contributed by atoms with van der Waals surface area (Å²) in [4.78, 5) is 27.7. The molecule has 0 aliphatic carbocycles. The molecule has 2 aromatic rings. The van der Waals surface area contributed by atoms with E-state index in [1.165, 1.54) is 13.3 Å². The molecule has 21 heavy (non-hydrogen) atoms. The van der Waals surface area contributed by atoms with Crippen LogP contribution in [-0.4, -0.2) is 24.0 Å². The molecule has 0 aliphatic heterocycles. The van der Waals surface area contributed by atoms with Crippen LogP contribution in [0.15, 0.2) is 41.1 Å². The predicted molar refractivity (Wildman–Crippen MR) is 82.4 cm³/mol. The van der Waals surface area contributed by atoms with Crippen LogP contribution in [0.4, 0.5) is 5.69 Å². The molecule has 1 heterocycles. The van der Waals surface area contributed by atoms with Crippen molar-refractivity contribution in [1.82, 2.24) is 4.98 Å². The molecule has 108 valence electrons. The van der Waals surface area contributed by atoms with Gasteiger partial charge in [-0.15, -0.1) is 0 Å². The molecule has 0 unspecified atom stereocenters. The summed E-state index contributed by atoms with van der Waals surface area (Å²) >= 11 is 3.27. The monoisotopic (exact) mass is 348 g/mol. The predicted octanol–water partition coefficient (Wildman–Crippen LogP) is 3.19. The minimum Gasteiger partial charge on any atom is -0.465 e. The average molecular weight is 349 g/mol. The second kappa shape index (κ2) is 6.49. The highest BCUT2D eigenvalue weighted by Crippen LogP contribution is 2.19. The zero-order valence-corrected chi connectivity index (χ0v) is 13.1. The molecule has 5 nitrogen and oxygen atoms in total. The largest absolute Gasteiger partial charge is 0.465 e. The Balaban J connectivity index is 2.26. The van der Waals surface area contributed by atoms with E-state index in [0.717, 1.165) is 10.0 Å². The maximum absolute atomic E-state index is 12.2. The van der Waals surface area contributed by atoms with E-state index < -0.39 is 5.97 Å². The lowest BCUT2D eigenvalue weighted by Crippen LogP contribution is -2.14. The van der Waals surface area contributed by atoms with Crippen LogP contribution in [0.5, 0.6) is 0 Å². The maximum atomic E-state index is 12.2. The Morgan fingerprint density at radius 2 is 1.95 bits per heavy atom. The zero-order valence-electron chi connectivity index (χ0n) is 11.5. The van der Waals surface area contributed by atoms with Gasteiger partial charge >= 0.3 is 5.97 Å². The van der Waals surface area contributed by atoms with E-state index in [0.29, 0.717) is 16.8 Å². The molecule has 1 aromatic heterocycles. The van der Waals surface area contributed by atoms with Crippen LogP contribution in [0, 0.1) is 6.92 Å². The number of aromatic nitrogens is 1. The van der Waals surface area contributed by atoms with Crippen molar-refractivity contribution in [3.8, 4) is 0 Å². The summed E-state index contributed by atoms with van der Waals surface area (Å²) < 4.78 is 5.39. The molecule has 0 atom stereocenters. The number of halogens is 1. The maximum Gasteiger partial charge on any atom is 0.337 e. The molecule has 0 spiro atoms. The number of carbonyl (C=O) groups is 2. The minimum atomic E-state index is -0.449. The van der Waals surface area contributed by atoms with Crippen molar-refractivity contribution in [1.29, 1.82) is 0 Å². The van der Waals surface area contributed by atoms with Crippen molar-refractivity contribution in [2.24, 2.45) is 0 Å². The highest BCUT2D eigenvalue weighted by Gasteiger charge is 2.12. The van der Waals surface area contributed by atoms with Gasteiger partial charge in [0, 0.05) is 22.6 Å². The number of benzene rings is 1. The first-order valence-corrected chi connectivity index (χ1v) is 6.91. The fourth-order valence-corrected chi connectivity index (χ4v) is 2.10. The van der Waals surface area contributed by atoms with Gasteiger partial charge in [0.25, 0.3) is 5.91 Å². The Hall–Kier alpha value is -2.21. The number of ether oxygens (including phenoxy) is 1. The second-order valence-corrected chi connectivity index (χ2v) is 5.28. The highest BCUT2D eigenvalue weighted by atomic mass is 79.9. The molecule has 0 saturated carbocycles. The van der Waals surface area contributed by atoms with E-state index in [9.17, 15) is 9.59 Å². The second-order valence-electron chi connectivity index (χ2n) is 4.37. The van der Waals surface area contributed by atoms with Crippen LogP contribution in [-0.2, 0) is 4.74 Å². The number of pyridine rings is 1. The number of hydrogen-bond donors (Lipinski definition) is 1. The molecule has 0 bridgehead atoms. The molecule has 0 aliphatic rings. The van der Waals surface area contributed by atoms with Gasteiger partial charge in [0.1, 0.15) is 0 Å². The van der Waals surface area contributed by atoms with Crippen molar-refractivity contribution in [2.45, 2.75) is 6.92 Å². The normalized spacial score (nSPS) is 10.0. The van der Waals surface area contributed by atoms with Crippen molar-refractivity contribution in [2.75, 3.05) is 12.4 Å². The van der Waals surface area contributed by atoms with Gasteiger partial charge in [0.05, 0.1) is 18.2 Å². The summed E-state index contributed by atoms with van der Waals surface area (Å²) in [5, 5.41) is 2.77. The zero-order chi connectivity index (χ0) is 15.4. The fourth-order valence-electron chi connectivity index (χ4n) is 1.73. The van der Waals surface area contributed by atoms with Gasteiger partial charge in [-0.2, -0.15) is 0 Å². The summed E-state index contributed by atoms with van der Waals surface area (Å²) in [7, 11) is 1.31. The SMILES string of the molecule is COC(=O)c1ccc(C)c(NC(=O)c2cncc(Br)c2)c1. The third kappa shape index (κ3) is 3.66. The van der Waals surface area contributed by atoms with Crippen LogP contribution < -0.4 is 5.32 Å². The number of anilines is 1. The molecule has 6 heteroatoms. The standard InChI is InChI=1S/C15H13BrN2O3/c1-9-3-4-10(15(20)21-2)6-13(9)18-14(19)11-5-12(16)8-17-7-11/h3-8H,1-2H3,(H,18,19). The number of amides is 1. The van der Waals surface area contributed by atoms with Crippen LogP contribution in [0.3, 0.4) is 0 Å². The quantitative estimate of drug-likeness (QED) is 0.865. The Labute approximate surface area is 130 Å². The van der Waals surface area contributed by atoms with E-state index in [1.807, 2.05) is 6.92 Å². The Morgan fingerprint density at radius 1 is 1.19 bits per heavy atom. The molecular formula is C15H13BrN2O3.